The molecule has 0 N–H and O–H groups in total. The molecular formula is C11H11BrClNO2S. The van der Waals surface area contributed by atoms with E-state index in [1.165, 1.54) is 0 Å². The Morgan fingerprint density at radius 2 is 2.29 bits per heavy atom. The van der Waals surface area contributed by atoms with Crippen LogP contribution in [0.25, 0.3) is 0 Å². The van der Waals surface area contributed by atoms with Gasteiger partial charge in [0.15, 0.2) is 0 Å². The Kier molecular flexibility index (Phi) is 4.33. The van der Waals surface area contributed by atoms with Gasteiger partial charge in [-0.1, -0.05) is 22.0 Å². The van der Waals surface area contributed by atoms with Crippen LogP contribution < -0.4 is 0 Å². The van der Waals surface area contributed by atoms with Crippen LogP contribution in [0, 0.1) is 16.0 Å². The van der Waals surface area contributed by atoms with Crippen molar-refractivity contribution in [1.29, 1.82) is 0 Å². The second-order valence-corrected chi connectivity index (χ2v) is 6.60. The van der Waals surface area contributed by atoms with Crippen LogP contribution in [0.4, 0.5) is 5.69 Å². The maximum absolute atomic E-state index is 11.0. The lowest BCUT2D eigenvalue weighted by Crippen LogP contribution is -2.15. The monoisotopic (exact) mass is 335 g/mol. The number of hydrogen-bond acceptors (Lipinski definition) is 3. The number of thioether (sulfide) groups is 1. The van der Waals surface area contributed by atoms with Crippen LogP contribution in [-0.4, -0.2) is 21.8 Å². The highest BCUT2D eigenvalue weighted by Crippen LogP contribution is 2.34. The van der Waals surface area contributed by atoms with Gasteiger partial charge in [-0.2, -0.15) is 11.8 Å². The van der Waals surface area contributed by atoms with Crippen molar-refractivity contribution in [2.24, 2.45) is 5.92 Å². The molecule has 0 amide bonds. The molecule has 0 saturated carbocycles. The summed E-state index contributed by atoms with van der Waals surface area (Å²) in [7, 11) is 0. The van der Waals surface area contributed by atoms with E-state index in [2.05, 4.69) is 15.9 Å². The van der Waals surface area contributed by atoms with Crippen molar-refractivity contribution in [2.45, 2.75) is 11.8 Å². The van der Waals surface area contributed by atoms with Crippen LogP contribution in [0.2, 0.25) is 0 Å². The minimum atomic E-state index is -0.328. The Balaban J connectivity index is 2.22. The van der Waals surface area contributed by atoms with E-state index in [-0.39, 0.29) is 16.0 Å². The van der Waals surface area contributed by atoms with Crippen molar-refractivity contribution >= 4 is 45.0 Å². The largest absolute Gasteiger partial charge is 0.273 e. The van der Waals surface area contributed by atoms with Gasteiger partial charge >= 0.3 is 0 Å². The van der Waals surface area contributed by atoms with Gasteiger partial charge in [0, 0.05) is 27.2 Å². The zero-order valence-corrected chi connectivity index (χ0v) is 12.1. The topological polar surface area (TPSA) is 43.1 Å². The molecule has 0 aromatic heterocycles. The van der Waals surface area contributed by atoms with Crippen molar-refractivity contribution in [3.63, 3.8) is 0 Å². The van der Waals surface area contributed by atoms with Crippen LogP contribution in [0.3, 0.4) is 0 Å². The Hall–Kier alpha value is -0.260. The molecule has 1 aromatic rings. The fourth-order valence-corrected chi connectivity index (χ4v) is 4.11. The van der Waals surface area contributed by atoms with E-state index >= 15 is 0 Å². The first-order chi connectivity index (χ1) is 8.08. The van der Waals surface area contributed by atoms with Gasteiger partial charge in [0.25, 0.3) is 5.69 Å². The van der Waals surface area contributed by atoms with Gasteiger partial charge in [-0.25, -0.2) is 0 Å². The van der Waals surface area contributed by atoms with E-state index in [1.54, 1.807) is 6.07 Å². The lowest BCUT2D eigenvalue weighted by Gasteiger charge is -2.12. The molecule has 3 nitrogen and oxygen atoms in total. The summed E-state index contributed by atoms with van der Waals surface area (Å²) in [5, 5.41) is 11.1. The number of nitro benzene ring substituents is 1. The Morgan fingerprint density at radius 3 is 2.88 bits per heavy atom. The van der Waals surface area contributed by atoms with Gasteiger partial charge in [-0.3, -0.25) is 10.1 Å². The Bertz CT molecular complexity index is 443. The van der Waals surface area contributed by atoms with Gasteiger partial charge in [0.1, 0.15) is 0 Å². The molecule has 2 unspecified atom stereocenters. The van der Waals surface area contributed by atoms with Crippen molar-refractivity contribution in [3.05, 3.63) is 38.3 Å². The summed E-state index contributed by atoms with van der Waals surface area (Å²) in [6.45, 7) is 0. The molecule has 1 aliphatic rings. The quantitative estimate of drug-likeness (QED) is 0.478. The van der Waals surface area contributed by atoms with E-state index in [1.807, 2.05) is 23.9 Å². The van der Waals surface area contributed by atoms with Gasteiger partial charge in [-0.05, 0) is 24.2 Å². The molecule has 6 heteroatoms. The summed E-state index contributed by atoms with van der Waals surface area (Å²) in [6, 6.07) is 5.21. The van der Waals surface area contributed by atoms with E-state index in [4.69, 9.17) is 11.6 Å². The first-order valence-electron chi connectivity index (χ1n) is 5.22. The number of benzene rings is 1. The van der Waals surface area contributed by atoms with Gasteiger partial charge < -0.3 is 0 Å². The SMILES string of the molecule is O=[N+]([O-])c1cc(Br)ccc1CC1CSCC1Cl. The van der Waals surface area contributed by atoms with Crippen LogP contribution in [0.5, 0.6) is 0 Å². The molecule has 0 aliphatic carbocycles. The predicted molar refractivity (Wildman–Crippen MR) is 75.0 cm³/mol. The molecule has 1 heterocycles. The molecule has 1 aliphatic heterocycles. The van der Waals surface area contributed by atoms with Crippen LogP contribution in [0.15, 0.2) is 22.7 Å². The maximum atomic E-state index is 11.0. The summed E-state index contributed by atoms with van der Waals surface area (Å²) in [4.78, 5) is 10.6. The molecule has 2 rings (SSSR count). The molecular weight excluding hydrogens is 326 g/mol. The molecule has 1 saturated heterocycles. The highest BCUT2D eigenvalue weighted by atomic mass is 79.9. The van der Waals surface area contributed by atoms with Crippen LogP contribution in [0.1, 0.15) is 5.56 Å². The number of rotatable bonds is 3. The zero-order valence-electron chi connectivity index (χ0n) is 8.94. The number of halogens is 2. The fraction of sp³-hybridized carbons (Fsp3) is 0.455. The highest BCUT2D eigenvalue weighted by Gasteiger charge is 2.28. The van der Waals surface area contributed by atoms with E-state index in [9.17, 15) is 10.1 Å². The second kappa shape index (κ2) is 5.59. The van der Waals surface area contributed by atoms with Crippen LogP contribution >= 0.6 is 39.3 Å². The summed E-state index contributed by atoms with van der Waals surface area (Å²) >= 11 is 11.3. The van der Waals surface area contributed by atoms with Crippen LogP contribution in [-0.2, 0) is 6.42 Å². The molecule has 17 heavy (non-hydrogen) atoms. The lowest BCUT2D eigenvalue weighted by atomic mass is 9.97. The predicted octanol–water partition coefficient (Wildman–Crippen LogP) is 3.87. The Labute approximate surface area is 117 Å². The third-order valence-electron chi connectivity index (χ3n) is 2.85. The average Bonchev–Trinajstić information content (AvgIpc) is 2.67. The van der Waals surface area contributed by atoms with Gasteiger partial charge in [-0.15, -0.1) is 11.6 Å². The van der Waals surface area contributed by atoms with E-state index in [0.29, 0.717) is 12.3 Å². The first-order valence-corrected chi connectivity index (χ1v) is 7.61. The number of alkyl halides is 1. The number of nitrogens with zero attached hydrogens (tertiary/aromatic N) is 1. The summed E-state index contributed by atoms with van der Waals surface area (Å²) in [6.07, 6.45) is 0.685. The minimum absolute atomic E-state index is 0.128. The molecule has 2 atom stereocenters. The van der Waals surface area contributed by atoms with Crippen molar-refractivity contribution in [3.8, 4) is 0 Å². The molecule has 1 fully saturated rings. The number of nitro groups is 1. The normalized spacial score (nSPS) is 23.9. The van der Waals surface area contributed by atoms with E-state index in [0.717, 1.165) is 21.5 Å². The zero-order chi connectivity index (χ0) is 12.4. The maximum Gasteiger partial charge on any atom is 0.273 e. The standard InChI is InChI=1S/C11H11BrClNO2S/c12-9-2-1-7(11(4-9)14(15)16)3-8-5-17-6-10(8)13/h1-2,4,8,10H,3,5-6H2. The van der Waals surface area contributed by atoms with Crippen molar-refractivity contribution in [2.75, 3.05) is 11.5 Å². The number of hydrogen-bond donors (Lipinski definition) is 0. The van der Waals surface area contributed by atoms with E-state index < -0.39 is 0 Å². The van der Waals surface area contributed by atoms with Crippen molar-refractivity contribution < 1.29 is 4.92 Å². The molecule has 92 valence electrons. The average molecular weight is 337 g/mol. The van der Waals surface area contributed by atoms with Gasteiger partial charge in [0.05, 0.1) is 4.92 Å². The third kappa shape index (κ3) is 3.14. The smallest absolute Gasteiger partial charge is 0.258 e. The summed E-state index contributed by atoms with van der Waals surface area (Å²) in [5.74, 6) is 2.26. The Morgan fingerprint density at radius 1 is 1.53 bits per heavy atom. The molecule has 0 spiro atoms. The van der Waals surface area contributed by atoms with Crippen molar-refractivity contribution in [1.82, 2.24) is 0 Å². The summed E-state index contributed by atoms with van der Waals surface area (Å²) < 4.78 is 0.733. The second-order valence-electron chi connectivity index (χ2n) is 4.05. The summed E-state index contributed by atoms with van der Waals surface area (Å²) in [5.41, 5.74) is 0.955. The lowest BCUT2D eigenvalue weighted by molar-refractivity contribution is -0.385. The fourth-order valence-electron chi connectivity index (χ4n) is 1.92. The highest BCUT2D eigenvalue weighted by molar-refractivity contribution is 9.10. The molecule has 0 radical (unpaired) electrons. The molecule has 1 aromatic carbocycles. The van der Waals surface area contributed by atoms with Gasteiger partial charge in [0.2, 0.25) is 0 Å². The first kappa shape index (κ1) is 13.2. The minimum Gasteiger partial charge on any atom is -0.258 e. The molecule has 0 bridgehead atoms. The third-order valence-corrected chi connectivity index (χ3v) is 5.29.